The van der Waals surface area contributed by atoms with Gasteiger partial charge in [-0.25, -0.2) is 0 Å². The maximum absolute atomic E-state index is 8.65. The molecule has 1 aromatic carbocycles. The molecule has 0 spiro atoms. The molecule has 1 rings (SSSR count). The number of hydrogen-bond donors (Lipinski definition) is 0. The van der Waals surface area contributed by atoms with Crippen molar-refractivity contribution in [1.29, 1.82) is 5.26 Å². The Labute approximate surface area is 127 Å². The Balaban J connectivity index is 2.93. The summed E-state index contributed by atoms with van der Waals surface area (Å²) in [4.78, 5) is 0. The van der Waals surface area contributed by atoms with E-state index in [1.54, 1.807) is 0 Å². The van der Waals surface area contributed by atoms with Crippen LogP contribution in [0.2, 0.25) is 0 Å². The number of ether oxygens (including phenoxy) is 1. The summed E-state index contributed by atoms with van der Waals surface area (Å²) < 4.78 is 5.83. The molecule has 0 aliphatic rings. The molecule has 1 atom stereocenters. The Hall–Kier alpha value is -1.14. The zero-order valence-corrected chi connectivity index (χ0v) is 14.1. The number of nitrogens with zero attached hydrogens (tertiary/aromatic N) is 1. The number of aryl methyl sites for hydroxylation is 1. The van der Waals surface area contributed by atoms with Crippen molar-refractivity contribution in [3.05, 3.63) is 28.3 Å². The van der Waals surface area contributed by atoms with Gasteiger partial charge in [0.05, 0.1) is 6.61 Å². The van der Waals surface area contributed by atoms with Crippen LogP contribution in [0.3, 0.4) is 0 Å². The van der Waals surface area contributed by atoms with Crippen molar-refractivity contribution >= 4 is 11.8 Å². The largest absolute Gasteiger partial charge is 0.493 e. The number of rotatable bonds is 7. The van der Waals surface area contributed by atoms with Crippen molar-refractivity contribution < 1.29 is 4.74 Å². The standard InChI is InChI=1S/C17H25NOS/c1-6-7-19-17-9-13(3)16(14(4)15(17)5)8-12(2)10-20-11-18/h9,12H,6-8,10H2,1-5H3. The summed E-state index contributed by atoms with van der Waals surface area (Å²) in [5, 5.41) is 10.8. The van der Waals surface area contributed by atoms with Crippen LogP contribution in [0.1, 0.15) is 42.5 Å². The van der Waals surface area contributed by atoms with Crippen molar-refractivity contribution in [2.75, 3.05) is 12.4 Å². The molecule has 0 N–H and O–H groups in total. The van der Waals surface area contributed by atoms with Crippen LogP contribution in [0.4, 0.5) is 0 Å². The molecule has 2 nitrogen and oxygen atoms in total. The first kappa shape index (κ1) is 16.9. The number of thiocyanates is 1. The zero-order chi connectivity index (χ0) is 15.1. The van der Waals surface area contributed by atoms with Crippen LogP contribution >= 0.6 is 11.8 Å². The van der Waals surface area contributed by atoms with E-state index in [1.807, 2.05) is 0 Å². The lowest BCUT2D eigenvalue weighted by atomic mass is 9.91. The highest BCUT2D eigenvalue weighted by atomic mass is 32.2. The van der Waals surface area contributed by atoms with Gasteiger partial charge in [-0.05, 0) is 79.6 Å². The summed E-state index contributed by atoms with van der Waals surface area (Å²) in [6, 6.07) is 2.16. The average molecular weight is 291 g/mol. The van der Waals surface area contributed by atoms with Gasteiger partial charge in [0, 0.05) is 5.75 Å². The van der Waals surface area contributed by atoms with Crippen molar-refractivity contribution in [3.8, 4) is 11.2 Å². The summed E-state index contributed by atoms with van der Waals surface area (Å²) in [6.45, 7) is 11.6. The summed E-state index contributed by atoms with van der Waals surface area (Å²) >= 11 is 1.35. The summed E-state index contributed by atoms with van der Waals surface area (Å²) in [7, 11) is 0. The van der Waals surface area contributed by atoms with E-state index < -0.39 is 0 Å². The molecule has 1 unspecified atom stereocenters. The maximum atomic E-state index is 8.65. The summed E-state index contributed by atoms with van der Waals surface area (Å²) in [6.07, 6.45) is 2.06. The van der Waals surface area contributed by atoms with Gasteiger partial charge in [-0.3, -0.25) is 0 Å². The molecule has 0 radical (unpaired) electrons. The Morgan fingerprint density at radius 1 is 1.30 bits per heavy atom. The van der Waals surface area contributed by atoms with Crippen molar-refractivity contribution in [3.63, 3.8) is 0 Å². The van der Waals surface area contributed by atoms with Crippen molar-refractivity contribution in [2.24, 2.45) is 5.92 Å². The van der Waals surface area contributed by atoms with Gasteiger partial charge in [-0.2, -0.15) is 5.26 Å². The van der Waals surface area contributed by atoms with E-state index in [4.69, 9.17) is 10.00 Å². The fourth-order valence-corrected chi connectivity index (χ4v) is 2.84. The minimum Gasteiger partial charge on any atom is -0.493 e. The van der Waals surface area contributed by atoms with Crippen molar-refractivity contribution in [2.45, 2.75) is 47.5 Å². The smallest absolute Gasteiger partial charge is 0.133 e. The highest BCUT2D eigenvalue weighted by molar-refractivity contribution is 8.03. The highest BCUT2D eigenvalue weighted by Crippen LogP contribution is 2.30. The van der Waals surface area contributed by atoms with Crippen LogP contribution in [-0.2, 0) is 6.42 Å². The predicted octanol–water partition coefficient (Wildman–Crippen LogP) is 4.79. The molecule has 0 aliphatic carbocycles. The fourth-order valence-electron chi connectivity index (χ4n) is 2.36. The quantitative estimate of drug-likeness (QED) is 0.677. The van der Waals surface area contributed by atoms with Crippen LogP contribution in [0.25, 0.3) is 0 Å². The molecule has 0 fully saturated rings. The van der Waals surface area contributed by atoms with E-state index in [0.29, 0.717) is 5.92 Å². The molecule has 0 saturated carbocycles. The molecular formula is C17H25NOS. The highest BCUT2D eigenvalue weighted by Gasteiger charge is 2.14. The van der Waals surface area contributed by atoms with Crippen LogP contribution in [0.5, 0.6) is 5.75 Å². The van der Waals surface area contributed by atoms with Crippen LogP contribution < -0.4 is 4.74 Å². The molecule has 1 aromatic rings. The molecule has 0 aromatic heterocycles. The van der Waals surface area contributed by atoms with Gasteiger partial charge < -0.3 is 4.74 Å². The fraction of sp³-hybridized carbons (Fsp3) is 0.588. The molecule has 0 amide bonds. The van der Waals surface area contributed by atoms with E-state index in [9.17, 15) is 0 Å². The summed E-state index contributed by atoms with van der Waals surface area (Å²) in [5.74, 6) is 2.42. The van der Waals surface area contributed by atoms with Gasteiger partial charge >= 0.3 is 0 Å². The first-order valence-corrected chi connectivity index (χ1v) is 8.23. The molecule has 20 heavy (non-hydrogen) atoms. The van der Waals surface area contributed by atoms with E-state index >= 15 is 0 Å². The molecule has 0 heterocycles. The number of benzene rings is 1. The second kappa shape index (κ2) is 8.21. The van der Waals surface area contributed by atoms with Crippen LogP contribution in [0.15, 0.2) is 6.07 Å². The predicted molar refractivity (Wildman–Crippen MR) is 87.4 cm³/mol. The first-order valence-electron chi connectivity index (χ1n) is 7.24. The molecule has 0 bridgehead atoms. The summed E-state index contributed by atoms with van der Waals surface area (Å²) in [5.41, 5.74) is 5.30. The molecule has 0 saturated heterocycles. The van der Waals surface area contributed by atoms with Gasteiger partial charge in [0.2, 0.25) is 0 Å². The maximum Gasteiger partial charge on any atom is 0.133 e. The third-order valence-corrected chi connectivity index (χ3v) is 4.52. The number of nitriles is 1. The monoisotopic (exact) mass is 291 g/mol. The number of thioether (sulfide) groups is 1. The lowest BCUT2D eigenvalue weighted by molar-refractivity contribution is 0.314. The van der Waals surface area contributed by atoms with Crippen molar-refractivity contribution in [1.82, 2.24) is 0 Å². The lowest BCUT2D eigenvalue weighted by Crippen LogP contribution is -2.08. The second-order valence-electron chi connectivity index (χ2n) is 5.48. The Bertz CT molecular complexity index is 491. The van der Waals surface area contributed by atoms with E-state index in [2.05, 4.69) is 46.1 Å². The molecule has 3 heteroatoms. The Kier molecular flexibility index (Phi) is 6.95. The Morgan fingerprint density at radius 3 is 2.60 bits per heavy atom. The molecule has 110 valence electrons. The minimum atomic E-state index is 0.513. The van der Waals surface area contributed by atoms with Crippen LogP contribution in [-0.4, -0.2) is 12.4 Å². The average Bonchev–Trinajstić information content (AvgIpc) is 2.43. The van der Waals surface area contributed by atoms with Gasteiger partial charge in [0.1, 0.15) is 11.2 Å². The van der Waals surface area contributed by atoms with Gasteiger partial charge in [-0.1, -0.05) is 13.8 Å². The molecular weight excluding hydrogens is 266 g/mol. The van der Waals surface area contributed by atoms with Gasteiger partial charge in [0.25, 0.3) is 0 Å². The molecule has 0 aliphatic heterocycles. The van der Waals surface area contributed by atoms with Gasteiger partial charge in [-0.15, -0.1) is 0 Å². The van der Waals surface area contributed by atoms with Gasteiger partial charge in [0.15, 0.2) is 0 Å². The van der Waals surface area contributed by atoms with E-state index in [0.717, 1.165) is 31.0 Å². The zero-order valence-electron chi connectivity index (χ0n) is 13.2. The van der Waals surface area contributed by atoms with E-state index in [-0.39, 0.29) is 0 Å². The lowest BCUT2D eigenvalue weighted by Gasteiger charge is -2.19. The second-order valence-corrected chi connectivity index (χ2v) is 6.28. The number of hydrogen-bond acceptors (Lipinski definition) is 3. The normalized spacial score (nSPS) is 12.0. The minimum absolute atomic E-state index is 0.513. The third-order valence-electron chi connectivity index (χ3n) is 3.66. The van der Waals surface area contributed by atoms with Crippen LogP contribution in [0, 0.1) is 37.4 Å². The van der Waals surface area contributed by atoms with E-state index in [1.165, 1.54) is 34.0 Å². The Morgan fingerprint density at radius 2 is 2.00 bits per heavy atom. The third kappa shape index (κ3) is 4.45. The first-order chi connectivity index (χ1) is 9.51. The topological polar surface area (TPSA) is 33.0 Å². The SMILES string of the molecule is CCCOc1cc(C)c(CC(C)CSC#N)c(C)c1C.